The molecular weight excluding hydrogens is 326 g/mol. The Labute approximate surface area is 123 Å². The topological polar surface area (TPSA) is 92.2 Å². The molecule has 0 unspecified atom stereocenters. The number of anilines is 1. The van der Waals surface area contributed by atoms with Gasteiger partial charge < -0.3 is 10.4 Å². The summed E-state index contributed by atoms with van der Waals surface area (Å²) in [6.45, 7) is 1.85. The minimum absolute atomic E-state index is 0.0782. The van der Waals surface area contributed by atoms with E-state index in [2.05, 4.69) is 31.2 Å². The molecule has 1 aromatic heterocycles. The molecular formula is C13H10BrN3O3. The molecule has 2 N–H and O–H groups in total. The number of hydrogen-bond donors (Lipinski definition) is 2. The lowest BCUT2D eigenvalue weighted by Crippen LogP contribution is -2.17. The van der Waals surface area contributed by atoms with E-state index in [9.17, 15) is 9.59 Å². The summed E-state index contributed by atoms with van der Waals surface area (Å²) >= 11 is 3.34. The van der Waals surface area contributed by atoms with Crippen LogP contribution < -0.4 is 5.32 Å². The van der Waals surface area contributed by atoms with Crippen LogP contribution in [-0.2, 0) is 0 Å². The Morgan fingerprint density at radius 1 is 1.25 bits per heavy atom. The number of hydrogen-bond acceptors (Lipinski definition) is 4. The molecule has 0 atom stereocenters. The Morgan fingerprint density at radius 3 is 2.60 bits per heavy atom. The van der Waals surface area contributed by atoms with Crippen LogP contribution in [0, 0.1) is 6.92 Å². The van der Waals surface area contributed by atoms with Crippen LogP contribution in [0.15, 0.2) is 35.1 Å². The molecule has 102 valence electrons. The van der Waals surface area contributed by atoms with Crippen molar-refractivity contribution in [2.45, 2.75) is 6.92 Å². The van der Waals surface area contributed by atoms with Gasteiger partial charge in [0.25, 0.3) is 5.91 Å². The van der Waals surface area contributed by atoms with Gasteiger partial charge in [0, 0.05) is 22.4 Å². The highest BCUT2D eigenvalue weighted by Crippen LogP contribution is 2.18. The zero-order chi connectivity index (χ0) is 14.7. The Kier molecular flexibility index (Phi) is 4.09. The molecule has 1 heterocycles. The van der Waals surface area contributed by atoms with E-state index in [1.165, 1.54) is 12.4 Å². The number of carboxylic acid groups (broad SMARTS) is 1. The van der Waals surface area contributed by atoms with E-state index in [1.807, 2.05) is 6.92 Å². The number of halogens is 1. The second-order valence-electron chi connectivity index (χ2n) is 3.98. The first-order valence-electron chi connectivity index (χ1n) is 5.61. The molecule has 0 saturated carbocycles. The number of aryl methyl sites for hydroxylation is 1. The van der Waals surface area contributed by atoms with E-state index in [0.29, 0.717) is 5.56 Å². The third kappa shape index (κ3) is 3.00. The van der Waals surface area contributed by atoms with Gasteiger partial charge in [0.05, 0.1) is 0 Å². The van der Waals surface area contributed by atoms with Crippen LogP contribution in [0.3, 0.4) is 0 Å². The maximum Gasteiger partial charge on any atom is 0.358 e. The lowest BCUT2D eigenvalue weighted by molar-refractivity contribution is 0.0691. The summed E-state index contributed by atoms with van der Waals surface area (Å²) in [5.41, 5.74) is 1.01. The van der Waals surface area contributed by atoms with Crippen molar-refractivity contribution in [3.8, 4) is 0 Å². The Morgan fingerprint density at radius 2 is 1.95 bits per heavy atom. The van der Waals surface area contributed by atoms with Gasteiger partial charge in [-0.25, -0.2) is 14.8 Å². The molecule has 0 saturated heterocycles. The van der Waals surface area contributed by atoms with Gasteiger partial charge in [0.2, 0.25) is 0 Å². The van der Waals surface area contributed by atoms with Crippen molar-refractivity contribution in [3.63, 3.8) is 0 Å². The number of amides is 1. The number of carboxylic acids is 1. The number of benzene rings is 1. The van der Waals surface area contributed by atoms with Crippen molar-refractivity contribution in [2.75, 3.05) is 5.32 Å². The summed E-state index contributed by atoms with van der Waals surface area (Å²) in [6.07, 6.45) is 2.57. The number of nitrogens with one attached hydrogen (secondary N) is 1. The first-order chi connectivity index (χ1) is 9.49. The van der Waals surface area contributed by atoms with Crippen LogP contribution in [-0.4, -0.2) is 27.0 Å². The molecule has 1 aromatic carbocycles. The molecule has 1 amide bonds. The normalized spacial score (nSPS) is 10.1. The molecule has 0 aliphatic carbocycles. The van der Waals surface area contributed by atoms with Gasteiger partial charge in [-0.2, -0.15) is 0 Å². The number of rotatable bonds is 3. The average molecular weight is 336 g/mol. The third-order valence-corrected chi connectivity index (χ3v) is 3.44. The summed E-state index contributed by atoms with van der Waals surface area (Å²) < 4.78 is 0.889. The van der Waals surface area contributed by atoms with Crippen LogP contribution in [0.4, 0.5) is 5.82 Å². The molecule has 0 bridgehead atoms. The fraction of sp³-hybridized carbons (Fsp3) is 0.0769. The highest BCUT2D eigenvalue weighted by atomic mass is 79.9. The lowest BCUT2D eigenvalue weighted by Gasteiger charge is -2.07. The van der Waals surface area contributed by atoms with E-state index < -0.39 is 11.9 Å². The van der Waals surface area contributed by atoms with Gasteiger partial charge in [-0.1, -0.05) is 15.9 Å². The van der Waals surface area contributed by atoms with Crippen LogP contribution in [0.1, 0.15) is 26.4 Å². The predicted molar refractivity (Wildman–Crippen MR) is 75.8 cm³/mol. The molecule has 0 aliphatic heterocycles. The number of carbonyl (C=O) groups is 2. The van der Waals surface area contributed by atoms with Crippen LogP contribution >= 0.6 is 15.9 Å². The Hall–Kier alpha value is -2.28. The highest BCUT2D eigenvalue weighted by Gasteiger charge is 2.16. The van der Waals surface area contributed by atoms with Gasteiger partial charge in [0.1, 0.15) is 0 Å². The van der Waals surface area contributed by atoms with Gasteiger partial charge in [-0.05, 0) is 30.7 Å². The lowest BCUT2D eigenvalue weighted by atomic mass is 10.1. The van der Waals surface area contributed by atoms with Crippen LogP contribution in [0.25, 0.3) is 0 Å². The second kappa shape index (κ2) is 5.79. The Bertz CT molecular complexity index is 688. The summed E-state index contributed by atoms with van der Waals surface area (Å²) in [5.74, 6) is -1.77. The molecule has 0 radical (unpaired) electrons. The molecule has 0 spiro atoms. The third-order valence-electron chi connectivity index (χ3n) is 2.55. The van der Waals surface area contributed by atoms with Crippen molar-refractivity contribution in [1.29, 1.82) is 0 Å². The highest BCUT2D eigenvalue weighted by molar-refractivity contribution is 9.10. The van der Waals surface area contributed by atoms with Gasteiger partial charge in [-0.15, -0.1) is 0 Å². The van der Waals surface area contributed by atoms with E-state index >= 15 is 0 Å². The summed E-state index contributed by atoms with van der Waals surface area (Å²) in [6, 6.07) is 5.07. The van der Waals surface area contributed by atoms with Crippen LogP contribution in [0.5, 0.6) is 0 Å². The molecule has 0 aliphatic rings. The fourth-order valence-electron chi connectivity index (χ4n) is 1.55. The number of aromatic nitrogens is 2. The van der Waals surface area contributed by atoms with E-state index in [1.54, 1.807) is 18.2 Å². The second-order valence-corrected chi connectivity index (χ2v) is 4.83. The van der Waals surface area contributed by atoms with Gasteiger partial charge >= 0.3 is 5.97 Å². The zero-order valence-corrected chi connectivity index (χ0v) is 12.0. The minimum Gasteiger partial charge on any atom is -0.476 e. The van der Waals surface area contributed by atoms with Gasteiger partial charge in [0.15, 0.2) is 11.5 Å². The maximum absolute atomic E-state index is 12.1. The van der Waals surface area contributed by atoms with Crippen molar-refractivity contribution in [2.24, 2.45) is 0 Å². The van der Waals surface area contributed by atoms with E-state index in [-0.39, 0.29) is 11.5 Å². The standard InChI is InChI=1S/C13H10BrN3O3/c1-7-6-8(2-3-9(7)14)12(18)17-11-10(13(19)20)15-4-5-16-11/h2-6H,1H3,(H,19,20)(H,16,17,18). The average Bonchev–Trinajstić information content (AvgIpc) is 2.42. The minimum atomic E-state index is -1.25. The predicted octanol–water partition coefficient (Wildman–Crippen LogP) is 2.50. The molecule has 6 nitrogen and oxygen atoms in total. The number of carbonyl (C=O) groups excluding carboxylic acids is 1. The SMILES string of the molecule is Cc1cc(C(=O)Nc2nccnc2C(=O)O)ccc1Br. The first-order valence-corrected chi connectivity index (χ1v) is 6.40. The fourth-order valence-corrected chi connectivity index (χ4v) is 1.80. The Balaban J connectivity index is 2.28. The monoisotopic (exact) mass is 335 g/mol. The van der Waals surface area contributed by atoms with Crippen molar-refractivity contribution >= 4 is 33.6 Å². The summed E-state index contributed by atoms with van der Waals surface area (Å²) in [4.78, 5) is 30.5. The number of aromatic carboxylic acids is 1. The first kappa shape index (κ1) is 14.1. The molecule has 2 aromatic rings. The summed E-state index contributed by atoms with van der Waals surface area (Å²) in [5, 5.41) is 11.4. The van der Waals surface area contributed by atoms with Crippen molar-refractivity contribution in [1.82, 2.24) is 9.97 Å². The quantitative estimate of drug-likeness (QED) is 0.898. The van der Waals surface area contributed by atoms with Crippen molar-refractivity contribution in [3.05, 3.63) is 51.9 Å². The van der Waals surface area contributed by atoms with Crippen LogP contribution in [0.2, 0.25) is 0 Å². The molecule has 7 heteroatoms. The van der Waals surface area contributed by atoms with E-state index in [0.717, 1.165) is 10.0 Å². The largest absolute Gasteiger partial charge is 0.476 e. The van der Waals surface area contributed by atoms with E-state index in [4.69, 9.17) is 5.11 Å². The molecule has 20 heavy (non-hydrogen) atoms. The smallest absolute Gasteiger partial charge is 0.358 e. The summed E-state index contributed by atoms with van der Waals surface area (Å²) in [7, 11) is 0. The zero-order valence-electron chi connectivity index (χ0n) is 10.4. The number of nitrogens with zero attached hydrogens (tertiary/aromatic N) is 2. The maximum atomic E-state index is 12.1. The molecule has 2 rings (SSSR count). The van der Waals surface area contributed by atoms with Crippen molar-refractivity contribution < 1.29 is 14.7 Å². The van der Waals surface area contributed by atoms with Gasteiger partial charge in [-0.3, -0.25) is 4.79 Å². The molecule has 0 fully saturated rings.